The topological polar surface area (TPSA) is 159 Å². The molecule has 3 saturated heterocycles. The van der Waals surface area contributed by atoms with Gasteiger partial charge in [-0.15, -0.1) is 0 Å². The van der Waals surface area contributed by atoms with E-state index in [-0.39, 0.29) is 18.9 Å². The Kier molecular flexibility index (Phi) is 14.3. The molecular weight excluding hydrogens is 971 g/mol. The number of esters is 1. The minimum absolute atomic E-state index is 0.108. The molecule has 3 fully saturated rings. The third-order valence-corrected chi connectivity index (χ3v) is 15.1. The Bertz CT molecular complexity index is 3350. The zero-order chi connectivity index (χ0) is 53.0. The Labute approximate surface area is 447 Å². The lowest BCUT2D eigenvalue weighted by Gasteiger charge is -2.46. The number of methoxy groups -OCH3 is 1. The van der Waals surface area contributed by atoms with Crippen LogP contribution in [0.2, 0.25) is 0 Å². The molecule has 77 heavy (non-hydrogen) atoms. The number of aliphatic hydroxyl groups is 1. The van der Waals surface area contributed by atoms with Crippen LogP contribution in [0.3, 0.4) is 0 Å². The van der Waals surface area contributed by atoms with Crippen LogP contribution in [-0.4, -0.2) is 86.5 Å². The maximum atomic E-state index is 17.0. The first kappa shape index (κ1) is 50.4. The van der Waals surface area contributed by atoms with Crippen molar-refractivity contribution in [2.24, 2.45) is 5.92 Å². The van der Waals surface area contributed by atoms with Crippen LogP contribution in [0.5, 0.6) is 11.5 Å². The second kappa shape index (κ2) is 21.8. The SMILES string of the molecule is COc1ccc(C#Cc2ccc3c(c2)[C@]2(C(=O)N3C(=O)N[C@H](C)c3ccccc3)[C@H](C(=O)Nc3ccc(N4CCOCC4)cc3)[C@H]3C(=O)O[C@H](c4ccccc4)[C@H](c4ccccc4)N3[C@@H]2c2ccccc2OCCO)cc1. The summed E-state index contributed by atoms with van der Waals surface area (Å²) in [5, 5.41) is 16.5. The first-order valence-corrected chi connectivity index (χ1v) is 25.8. The zero-order valence-corrected chi connectivity index (χ0v) is 42.6. The van der Waals surface area contributed by atoms with E-state index < -0.39 is 65.4 Å². The molecule has 7 aromatic carbocycles. The first-order valence-electron chi connectivity index (χ1n) is 25.8. The molecule has 14 heteroatoms. The van der Waals surface area contributed by atoms with Crippen molar-refractivity contribution in [1.29, 1.82) is 0 Å². The van der Waals surface area contributed by atoms with Crippen molar-refractivity contribution in [2.75, 3.05) is 61.7 Å². The fourth-order valence-electron chi connectivity index (χ4n) is 11.6. The van der Waals surface area contributed by atoms with Crippen LogP contribution in [0.4, 0.5) is 21.9 Å². The molecule has 4 aliphatic rings. The first-order chi connectivity index (χ1) is 37.7. The molecule has 388 valence electrons. The number of ether oxygens (including phenoxy) is 4. The molecule has 0 aromatic heterocycles. The Morgan fingerprint density at radius 1 is 0.753 bits per heavy atom. The number of cyclic esters (lactones) is 1. The molecule has 4 aliphatic heterocycles. The molecule has 0 saturated carbocycles. The highest BCUT2D eigenvalue weighted by molar-refractivity contribution is 6.25. The number of para-hydroxylation sites is 1. The smallest absolute Gasteiger partial charge is 0.329 e. The average Bonchev–Trinajstić information content (AvgIpc) is 3.29. The maximum Gasteiger partial charge on any atom is 0.329 e. The van der Waals surface area contributed by atoms with Crippen molar-refractivity contribution in [3.63, 3.8) is 0 Å². The number of hydrogen-bond donors (Lipinski definition) is 3. The van der Waals surface area contributed by atoms with Gasteiger partial charge >= 0.3 is 12.0 Å². The van der Waals surface area contributed by atoms with Gasteiger partial charge in [-0.25, -0.2) is 9.69 Å². The third kappa shape index (κ3) is 9.43. The van der Waals surface area contributed by atoms with Crippen LogP contribution in [-0.2, 0) is 29.3 Å². The van der Waals surface area contributed by atoms with Gasteiger partial charge in [0.2, 0.25) is 11.8 Å². The normalized spacial score (nSPS) is 22.0. The van der Waals surface area contributed by atoms with Gasteiger partial charge < -0.3 is 39.6 Å². The van der Waals surface area contributed by atoms with Crippen LogP contribution in [0.15, 0.2) is 182 Å². The van der Waals surface area contributed by atoms with Crippen LogP contribution < -0.4 is 29.9 Å². The number of aliphatic hydroxyl groups excluding tert-OH is 1. The van der Waals surface area contributed by atoms with Gasteiger partial charge in [-0.1, -0.05) is 121 Å². The van der Waals surface area contributed by atoms with Crippen LogP contribution in [0, 0.1) is 17.8 Å². The highest BCUT2D eigenvalue weighted by Gasteiger charge is 2.76. The number of imide groups is 1. The Morgan fingerprint density at radius 2 is 1.39 bits per heavy atom. The van der Waals surface area contributed by atoms with Gasteiger partial charge in [0.25, 0.3) is 0 Å². The second-order valence-electron chi connectivity index (χ2n) is 19.4. The molecule has 3 N–H and O–H groups in total. The number of amides is 4. The lowest BCUT2D eigenvalue weighted by Crippen LogP contribution is -2.55. The summed E-state index contributed by atoms with van der Waals surface area (Å²) in [5.74, 6) is 3.78. The summed E-state index contributed by atoms with van der Waals surface area (Å²) in [4.78, 5) is 69.7. The number of urea groups is 1. The number of nitrogens with one attached hydrogen (secondary N) is 2. The molecule has 7 atom stereocenters. The summed E-state index contributed by atoms with van der Waals surface area (Å²) in [6, 6.07) is 50.7. The number of anilines is 3. The second-order valence-corrected chi connectivity index (χ2v) is 19.4. The van der Waals surface area contributed by atoms with Crippen LogP contribution >= 0.6 is 0 Å². The van der Waals surface area contributed by atoms with Gasteiger partial charge in [0.1, 0.15) is 35.7 Å². The van der Waals surface area contributed by atoms with E-state index in [0.717, 1.165) is 21.7 Å². The van der Waals surface area contributed by atoms with Crippen LogP contribution in [0.1, 0.15) is 70.1 Å². The van der Waals surface area contributed by atoms with Crippen molar-refractivity contribution >= 4 is 40.9 Å². The van der Waals surface area contributed by atoms with Crippen molar-refractivity contribution in [3.8, 4) is 23.3 Å². The van der Waals surface area contributed by atoms with E-state index in [1.54, 1.807) is 49.6 Å². The summed E-state index contributed by atoms with van der Waals surface area (Å²) < 4.78 is 24.1. The minimum Gasteiger partial charge on any atom is -0.497 e. The molecule has 0 unspecified atom stereocenters. The van der Waals surface area contributed by atoms with E-state index in [4.69, 9.17) is 18.9 Å². The van der Waals surface area contributed by atoms with Crippen molar-refractivity contribution < 1.29 is 43.2 Å². The van der Waals surface area contributed by atoms with Crippen LogP contribution in [0.25, 0.3) is 0 Å². The van der Waals surface area contributed by atoms with E-state index in [1.807, 2.05) is 151 Å². The standard InChI is InChI=1S/C63H57N5O9/c1-41(44-14-6-3-7-15-44)64-62(73)67-52-33-26-43(23-22-42-24-31-49(74-2)32-25-42)40-51(52)63(61(67)72)54(59(70)65-47-27-29-48(30-28-47)66-34-37-75-38-35-66)56-60(71)77-57(46-18-10-5-11-19-46)55(45-16-8-4-9-17-45)68(56)58(63)50-20-12-13-21-53(50)76-39-36-69/h3-21,24-33,40-41,54-58,69H,34-39H2,1-2H3,(H,64,73)(H,65,70)/t41-,54+,55+,56+,57-,58-,63+/m1/s1. The molecule has 1 spiro atoms. The van der Waals surface area contributed by atoms with Crippen molar-refractivity contribution in [2.45, 2.75) is 42.6 Å². The van der Waals surface area contributed by atoms with Crippen molar-refractivity contribution in [3.05, 3.63) is 221 Å². The molecule has 0 aliphatic carbocycles. The number of nitrogens with zero attached hydrogens (tertiary/aromatic N) is 3. The summed E-state index contributed by atoms with van der Waals surface area (Å²) >= 11 is 0. The number of hydrogen-bond acceptors (Lipinski definition) is 11. The zero-order valence-electron chi connectivity index (χ0n) is 42.6. The van der Waals surface area contributed by atoms with E-state index in [0.29, 0.717) is 71.3 Å². The number of carbonyl (C=O) groups excluding carboxylic acids is 4. The molecule has 11 rings (SSSR count). The maximum absolute atomic E-state index is 17.0. The highest BCUT2D eigenvalue weighted by atomic mass is 16.6. The number of rotatable bonds is 12. The molecule has 4 amide bonds. The summed E-state index contributed by atoms with van der Waals surface area (Å²) in [7, 11) is 1.59. The Morgan fingerprint density at radius 3 is 2.08 bits per heavy atom. The number of morpholine rings is 2. The fraction of sp³-hybridized carbons (Fsp3) is 0.238. The summed E-state index contributed by atoms with van der Waals surface area (Å²) in [5.41, 5.74) is 3.58. The number of carbonyl (C=O) groups is 4. The largest absolute Gasteiger partial charge is 0.497 e. The number of benzene rings is 7. The van der Waals surface area contributed by atoms with Gasteiger partial charge in [-0.2, -0.15) is 0 Å². The molecular formula is C63H57N5O9. The molecule has 0 radical (unpaired) electrons. The minimum atomic E-state index is -2.11. The van der Waals surface area contributed by atoms with E-state index in [1.165, 1.54) is 0 Å². The van der Waals surface area contributed by atoms with E-state index in [9.17, 15) is 5.11 Å². The Hall–Kier alpha value is -8.74. The van der Waals surface area contributed by atoms with E-state index >= 15 is 19.2 Å². The quantitative estimate of drug-likeness (QED) is 0.0792. The van der Waals surface area contributed by atoms with Gasteiger partial charge in [-0.05, 0) is 102 Å². The predicted molar refractivity (Wildman–Crippen MR) is 291 cm³/mol. The van der Waals surface area contributed by atoms with Gasteiger partial charge in [-0.3, -0.25) is 19.3 Å². The third-order valence-electron chi connectivity index (χ3n) is 15.1. The lowest BCUT2D eigenvalue weighted by molar-refractivity contribution is -0.177. The average molecular weight is 1030 g/mol. The molecule has 0 bridgehead atoms. The predicted octanol–water partition coefficient (Wildman–Crippen LogP) is 9.08. The monoisotopic (exact) mass is 1030 g/mol. The van der Waals surface area contributed by atoms with Gasteiger partial charge in [0, 0.05) is 41.2 Å². The fourth-order valence-corrected chi connectivity index (χ4v) is 11.6. The van der Waals surface area contributed by atoms with Crippen molar-refractivity contribution in [1.82, 2.24) is 10.2 Å². The highest BCUT2D eigenvalue weighted by Crippen LogP contribution is 2.67. The molecule has 7 aromatic rings. The Balaban J connectivity index is 1.18. The lowest BCUT2D eigenvalue weighted by atomic mass is 9.65. The van der Waals surface area contributed by atoms with Gasteiger partial charge in [0.05, 0.1) is 56.7 Å². The summed E-state index contributed by atoms with van der Waals surface area (Å²) in [6.45, 7) is 3.98. The number of fused-ring (bicyclic) bond motifs is 3. The molecule has 14 nitrogen and oxygen atoms in total. The summed E-state index contributed by atoms with van der Waals surface area (Å²) in [6.07, 6.45) is -0.953. The van der Waals surface area contributed by atoms with E-state index in [2.05, 4.69) is 27.4 Å². The molecule has 4 heterocycles. The van der Waals surface area contributed by atoms with Gasteiger partial charge in [0.15, 0.2) is 0 Å².